The van der Waals surface area contributed by atoms with Crippen molar-refractivity contribution in [2.75, 3.05) is 19.6 Å². The monoisotopic (exact) mass is 788 g/mol. The second kappa shape index (κ2) is 13.4. The lowest BCUT2D eigenvalue weighted by Crippen LogP contribution is -2.61. The van der Waals surface area contributed by atoms with Gasteiger partial charge in [0.1, 0.15) is 17.6 Å². The van der Waals surface area contributed by atoms with Crippen LogP contribution in [-0.4, -0.2) is 18.4 Å². The van der Waals surface area contributed by atoms with Crippen LogP contribution in [-0.2, 0) is 0 Å². The van der Waals surface area contributed by atoms with Crippen molar-refractivity contribution in [1.29, 1.82) is 5.26 Å². The maximum absolute atomic E-state index is 10.8. The third-order valence-corrected chi connectivity index (χ3v) is 13.0. The van der Waals surface area contributed by atoms with E-state index in [-0.39, 0.29) is 13.4 Å². The van der Waals surface area contributed by atoms with E-state index in [9.17, 15) is 5.26 Å². The number of pyridine rings is 1. The molecule has 0 unspecified atom stereocenters. The van der Waals surface area contributed by atoms with Gasteiger partial charge in [0.2, 0.25) is 0 Å². The van der Waals surface area contributed by atoms with Gasteiger partial charge in [0.05, 0.1) is 5.69 Å². The summed E-state index contributed by atoms with van der Waals surface area (Å²) in [5.74, 6) is 0.684. The van der Waals surface area contributed by atoms with Crippen LogP contribution < -0.4 is 52.4 Å². The van der Waals surface area contributed by atoms with Crippen LogP contribution >= 0.6 is 0 Å². The maximum Gasteiger partial charge on any atom is 0.252 e. The minimum atomic E-state index is 0.000571. The molecular formula is C54H34B2N6. The number of anilines is 12. The van der Waals surface area contributed by atoms with Crippen molar-refractivity contribution in [1.82, 2.24) is 4.98 Å². The first-order valence-corrected chi connectivity index (χ1v) is 21.1. The number of nitriles is 1. The molecule has 0 aliphatic carbocycles. The molecule has 0 saturated heterocycles. The van der Waals surface area contributed by atoms with Crippen LogP contribution in [0, 0.1) is 11.3 Å². The van der Waals surface area contributed by atoms with Crippen molar-refractivity contribution >= 4 is 115 Å². The highest BCUT2D eigenvalue weighted by molar-refractivity contribution is 7.01. The summed E-state index contributed by atoms with van der Waals surface area (Å²) in [6, 6.07) is 76.1. The first-order chi connectivity index (χ1) is 30.8. The van der Waals surface area contributed by atoms with Gasteiger partial charge in [-0.25, -0.2) is 4.98 Å². The predicted molar refractivity (Wildman–Crippen MR) is 257 cm³/mol. The Hall–Kier alpha value is -8.27. The summed E-state index contributed by atoms with van der Waals surface area (Å²) in [7, 11) is 0. The number of rotatable bonds is 4. The standard InChI is InChI=1S/C54H34B2N6/c57-35-36-33-39(61-46-27-13-9-23-42(46)55-40-21-7-11-25-44(40)59(37-17-3-1-4-18-37)48-29-15-31-50(61)53(48)55)34-52(58-36)62-47-28-14-10-24-43(47)56-41-22-8-12-26-45(41)60(38-19-5-2-6-20-38)49-30-16-32-51(62)54(49)56/h1-34H. The Morgan fingerprint density at radius 3 is 1.10 bits per heavy atom. The molecule has 8 aromatic carbocycles. The molecule has 0 atom stereocenters. The topological polar surface area (TPSA) is 49.6 Å². The number of benzene rings is 8. The molecule has 0 spiro atoms. The highest BCUT2D eigenvalue weighted by atomic mass is 15.2. The molecule has 13 rings (SSSR count). The second-order valence-corrected chi connectivity index (χ2v) is 16.2. The molecule has 0 radical (unpaired) electrons. The Morgan fingerprint density at radius 2 is 0.677 bits per heavy atom. The Bertz CT molecular complexity index is 3120. The zero-order valence-corrected chi connectivity index (χ0v) is 33.5. The number of hydrogen-bond acceptors (Lipinski definition) is 6. The van der Waals surface area contributed by atoms with E-state index >= 15 is 0 Å². The lowest BCUT2D eigenvalue weighted by atomic mass is 9.33. The number of para-hydroxylation sites is 6. The minimum Gasteiger partial charge on any atom is -0.311 e. The van der Waals surface area contributed by atoms with E-state index in [1.165, 1.54) is 44.2 Å². The smallest absolute Gasteiger partial charge is 0.252 e. The van der Waals surface area contributed by atoms with Crippen LogP contribution in [0.5, 0.6) is 0 Å². The van der Waals surface area contributed by atoms with E-state index in [1.807, 2.05) is 6.07 Å². The second-order valence-electron chi connectivity index (χ2n) is 16.2. The third-order valence-electron chi connectivity index (χ3n) is 13.0. The van der Waals surface area contributed by atoms with Gasteiger partial charge >= 0.3 is 0 Å². The molecule has 0 N–H and O–H groups in total. The zero-order chi connectivity index (χ0) is 40.9. The fourth-order valence-electron chi connectivity index (χ4n) is 10.7. The molecule has 0 amide bonds. The van der Waals surface area contributed by atoms with Crippen molar-refractivity contribution in [2.24, 2.45) is 0 Å². The van der Waals surface area contributed by atoms with Gasteiger partial charge in [0.25, 0.3) is 13.4 Å². The Morgan fingerprint density at radius 1 is 0.339 bits per heavy atom. The molecule has 0 bridgehead atoms. The first-order valence-electron chi connectivity index (χ1n) is 21.1. The fraction of sp³-hybridized carbons (Fsp3) is 0. The van der Waals surface area contributed by atoms with E-state index in [4.69, 9.17) is 4.98 Å². The first kappa shape index (κ1) is 34.6. The van der Waals surface area contributed by atoms with E-state index in [1.54, 1.807) is 0 Å². The zero-order valence-electron chi connectivity index (χ0n) is 33.5. The summed E-state index contributed by atoms with van der Waals surface area (Å²) in [5.41, 5.74) is 19.7. The van der Waals surface area contributed by atoms with Gasteiger partial charge in [0.15, 0.2) is 0 Å². The summed E-state index contributed by atoms with van der Waals surface area (Å²) in [5, 5.41) is 10.8. The van der Waals surface area contributed by atoms with Gasteiger partial charge in [-0.3, -0.25) is 4.90 Å². The molecule has 1 aromatic heterocycles. The number of nitrogens with zero attached hydrogens (tertiary/aromatic N) is 6. The lowest BCUT2D eigenvalue weighted by Gasteiger charge is -2.44. The number of fused-ring (bicyclic) bond motifs is 8. The highest BCUT2D eigenvalue weighted by Crippen LogP contribution is 2.47. The summed E-state index contributed by atoms with van der Waals surface area (Å²) in [6.07, 6.45) is 0. The molecule has 9 aromatic rings. The highest BCUT2D eigenvalue weighted by Gasteiger charge is 2.45. The van der Waals surface area contributed by atoms with Gasteiger partial charge in [-0.15, -0.1) is 0 Å². The van der Waals surface area contributed by atoms with Gasteiger partial charge in [0, 0.05) is 62.9 Å². The molecule has 286 valence electrons. The molecule has 0 fully saturated rings. The number of hydrogen-bond donors (Lipinski definition) is 0. The molecule has 8 heteroatoms. The van der Waals surface area contributed by atoms with Crippen LogP contribution in [0.4, 0.5) is 68.4 Å². The quantitative estimate of drug-likeness (QED) is 0.166. The Kier molecular flexibility index (Phi) is 7.46. The Labute approximate surface area is 361 Å². The third kappa shape index (κ3) is 4.85. The number of aromatic nitrogens is 1. The summed E-state index contributed by atoms with van der Waals surface area (Å²) in [4.78, 5) is 14.6. The largest absolute Gasteiger partial charge is 0.311 e. The van der Waals surface area contributed by atoms with E-state index in [2.05, 4.69) is 226 Å². The normalized spacial score (nSPS) is 13.6. The van der Waals surface area contributed by atoms with Crippen LogP contribution in [0.1, 0.15) is 5.69 Å². The molecule has 4 aliphatic heterocycles. The Balaban J connectivity index is 1.04. The van der Waals surface area contributed by atoms with Gasteiger partial charge in [-0.05, 0) is 112 Å². The van der Waals surface area contributed by atoms with Crippen molar-refractivity contribution in [3.05, 3.63) is 212 Å². The average molecular weight is 789 g/mol. The molecule has 5 heterocycles. The molecular weight excluding hydrogens is 754 g/mol. The SMILES string of the molecule is N#Cc1cc(N2c3ccccc3B3c4ccccc4N(c4ccccc4)c4cccc2c43)cc(N2c3ccccc3B3c4ccccc4N(c4ccccc4)c4cccc2c43)n1. The van der Waals surface area contributed by atoms with E-state index in [0.29, 0.717) is 11.5 Å². The van der Waals surface area contributed by atoms with Crippen LogP contribution in [0.25, 0.3) is 0 Å². The molecule has 6 nitrogen and oxygen atoms in total. The van der Waals surface area contributed by atoms with Crippen LogP contribution in [0.2, 0.25) is 0 Å². The maximum atomic E-state index is 10.8. The summed E-state index contributed by atoms with van der Waals surface area (Å²) < 4.78 is 0. The van der Waals surface area contributed by atoms with Crippen molar-refractivity contribution in [2.45, 2.75) is 0 Å². The van der Waals surface area contributed by atoms with Crippen molar-refractivity contribution < 1.29 is 0 Å². The van der Waals surface area contributed by atoms with Gasteiger partial charge in [-0.1, -0.05) is 121 Å². The van der Waals surface area contributed by atoms with Crippen LogP contribution in [0.15, 0.2) is 206 Å². The predicted octanol–water partition coefficient (Wildman–Crippen LogP) is 9.12. The van der Waals surface area contributed by atoms with Gasteiger partial charge in [-0.2, -0.15) is 5.26 Å². The summed E-state index contributed by atoms with van der Waals surface area (Å²) >= 11 is 0. The molecule has 0 saturated carbocycles. The van der Waals surface area contributed by atoms with Gasteiger partial charge < -0.3 is 14.7 Å². The summed E-state index contributed by atoms with van der Waals surface area (Å²) in [6.45, 7) is 0.0133. The van der Waals surface area contributed by atoms with Crippen molar-refractivity contribution in [3.8, 4) is 6.07 Å². The molecule has 4 aliphatic rings. The van der Waals surface area contributed by atoms with Crippen LogP contribution in [0.3, 0.4) is 0 Å². The van der Waals surface area contributed by atoms with Crippen molar-refractivity contribution in [3.63, 3.8) is 0 Å². The fourth-order valence-corrected chi connectivity index (χ4v) is 10.7. The van der Waals surface area contributed by atoms with E-state index < -0.39 is 0 Å². The molecule has 62 heavy (non-hydrogen) atoms. The minimum absolute atomic E-state index is 0.000571. The lowest BCUT2D eigenvalue weighted by molar-refractivity contribution is 1.14. The average Bonchev–Trinajstić information content (AvgIpc) is 3.34. The van der Waals surface area contributed by atoms with E-state index in [0.717, 1.165) is 51.2 Å².